The first-order valence-electron chi connectivity index (χ1n) is 9.16. The topological polar surface area (TPSA) is 18.5 Å². The van der Waals surface area contributed by atoms with Gasteiger partial charge >= 0.3 is 0 Å². The van der Waals surface area contributed by atoms with Crippen LogP contribution in [0.3, 0.4) is 0 Å². The van der Waals surface area contributed by atoms with Gasteiger partial charge in [-0.1, -0.05) is 20.8 Å². The second kappa shape index (κ2) is 7.94. The average molecular weight is 296 g/mol. The molecule has 1 saturated carbocycles. The summed E-state index contributed by atoms with van der Waals surface area (Å²) in [5, 5.41) is 3.86. The summed E-state index contributed by atoms with van der Waals surface area (Å²) in [4.78, 5) is 5.22. The minimum Gasteiger partial charge on any atom is -0.312 e. The molecule has 0 aromatic carbocycles. The van der Waals surface area contributed by atoms with Crippen LogP contribution in [0.1, 0.15) is 52.9 Å². The maximum atomic E-state index is 3.86. The van der Waals surface area contributed by atoms with E-state index in [0.717, 1.165) is 23.9 Å². The molecular formula is C18H37N3. The van der Waals surface area contributed by atoms with Crippen LogP contribution >= 0.6 is 0 Å². The number of likely N-dealkylation sites (tertiary alicyclic amines) is 1. The van der Waals surface area contributed by atoms with Gasteiger partial charge in [0.1, 0.15) is 0 Å². The van der Waals surface area contributed by atoms with Crippen LogP contribution in [-0.2, 0) is 0 Å². The van der Waals surface area contributed by atoms with Crippen LogP contribution in [0.4, 0.5) is 0 Å². The molecular weight excluding hydrogens is 258 g/mol. The summed E-state index contributed by atoms with van der Waals surface area (Å²) >= 11 is 0. The Hall–Kier alpha value is -0.120. The summed E-state index contributed by atoms with van der Waals surface area (Å²) in [5.74, 6) is 1.68. The van der Waals surface area contributed by atoms with E-state index < -0.39 is 0 Å². The average Bonchev–Trinajstić information content (AvgIpc) is 2.44. The van der Waals surface area contributed by atoms with Crippen molar-refractivity contribution in [2.24, 2.45) is 11.8 Å². The van der Waals surface area contributed by atoms with E-state index in [1.54, 1.807) is 0 Å². The minimum atomic E-state index is 0.688. The van der Waals surface area contributed by atoms with Gasteiger partial charge in [0, 0.05) is 18.1 Å². The third-order valence-corrected chi connectivity index (χ3v) is 5.82. The molecule has 3 heteroatoms. The van der Waals surface area contributed by atoms with Crippen molar-refractivity contribution in [3.05, 3.63) is 0 Å². The molecule has 2 fully saturated rings. The summed E-state index contributed by atoms with van der Waals surface area (Å²) in [5.41, 5.74) is 0. The summed E-state index contributed by atoms with van der Waals surface area (Å²) in [6.45, 7) is 10.9. The van der Waals surface area contributed by atoms with E-state index in [9.17, 15) is 0 Å². The number of nitrogens with one attached hydrogen (secondary N) is 1. The van der Waals surface area contributed by atoms with E-state index in [1.807, 2.05) is 0 Å². The monoisotopic (exact) mass is 295 g/mol. The Morgan fingerprint density at radius 1 is 1.14 bits per heavy atom. The van der Waals surface area contributed by atoms with Crippen LogP contribution in [0.15, 0.2) is 0 Å². The van der Waals surface area contributed by atoms with E-state index >= 15 is 0 Å². The zero-order valence-corrected chi connectivity index (χ0v) is 14.9. The van der Waals surface area contributed by atoms with E-state index in [-0.39, 0.29) is 0 Å². The van der Waals surface area contributed by atoms with Crippen molar-refractivity contribution in [1.82, 2.24) is 15.1 Å². The second-order valence-electron chi connectivity index (χ2n) is 7.80. The molecule has 0 spiro atoms. The Labute approximate surface area is 132 Å². The highest BCUT2D eigenvalue weighted by atomic mass is 15.2. The number of hydrogen-bond donors (Lipinski definition) is 1. The number of nitrogens with zero attached hydrogens (tertiary/aromatic N) is 2. The van der Waals surface area contributed by atoms with Crippen molar-refractivity contribution in [2.75, 3.05) is 33.7 Å². The molecule has 0 amide bonds. The first-order chi connectivity index (χ1) is 10.0. The maximum Gasteiger partial charge on any atom is 0.0275 e. The van der Waals surface area contributed by atoms with Gasteiger partial charge in [0.15, 0.2) is 0 Å². The minimum absolute atomic E-state index is 0.688. The van der Waals surface area contributed by atoms with Gasteiger partial charge in [-0.25, -0.2) is 0 Å². The lowest BCUT2D eigenvalue weighted by Crippen LogP contribution is -2.59. The van der Waals surface area contributed by atoms with Gasteiger partial charge in [-0.05, 0) is 77.7 Å². The van der Waals surface area contributed by atoms with Crippen LogP contribution < -0.4 is 5.32 Å². The van der Waals surface area contributed by atoms with Crippen molar-refractivity contribution in [2.45, 2.75) is 71.0 Å². The molecule has 1 saturated heterocycles. The second-order valence-corrected chi connectivity index (χ2v) is 7.80. The van der Waals surface area contributed by atoms with Gasteiger partial charge < -0.3 is 10.2 Å². The zero-order valence-electron chi connectivity index (χ0n) is 14.9. The molecule has 0 aromatic rings. The quantitative estimate of drug-likeness (QED) is 0.841. The van der Waals surface area contributed by atoms with Gasteiger partial charge in [-0.15, -0.1) is 0 Å². The standard InChI is InChI=1S/C18H37N3/c1-6-9-19-17-13-14(2)12-15(3)18(17)21(5)16-7-10-20(4)11-8-16/h14-19H,6-13H2,1-5H3. The lowest BCUT2D eigenvalue weighted by atomic mass is 9.75. The molecule has 3 nitrogen and oxygen atoms in total. The number of piperidine rings is 1. The Kier molecular flexibility index (Phi) is 6.51. The van der Waals surface area contributed by atoms with Crippen molar-refractivity contribution in [1.29, 1.82) is 0 Å². The number of likely N-dealkylation sites (N-methyl/N-ethyl adjacent to an activating group) is 1. The molecule has 2 aliphatic rings. The Morgan fingerprint density at radius 3 is 2.43 bits per heavy atom. The summed E-state index contributed by atoms with van der Waals surface area (Å²) in [6, 6.07) is 2.20. The highest BCUT2D eigenvalue weighted by Crippen LogP contribution is 2.34. The zero-order chi connectivity index (χ0) is 15.4. The van der Waals surface area contributed by atoms with Crippen LogP contribution in [0.5, 0.6) is 0 Å². The van der Waals surface area contributed by atoms with E-state index in [4.69, 9.17) is 0 Å². The Balaban J connectivity index is 2.01. The molecule has 2 rings (SSSR count). The first kappa shape index (κ1) is 17.2. The largest absolute Gasteiger partial charge is 0.312 e. The Bertz CT molecular complexity index is 299. The molecule has 21 heavy (non-hydrogen) atoms. The molecule has 1 aliphatic carbocycles. The van der Waals surface area contributed by atoms with Crippen molar-refractivity contribution < 1.29 is 0 Å². The highest BCUT2D eigenvalue weighted by Gasteiger charge is 2.38. The first-order valence-corrected chi connectivity index (χ1v) is 9.16. The third kappa shape index (κ3) is 4.43. The van der Waals surface area contributed by atoms with Gasteiger partial charge in [0.25, 0.3) is 0 Å². The molecule has 4 atom stereocenters. The molecule has 0 bridgehead atoms. The van der Waals surface area contributed by atoms with Crippen LogP contribution in [-0.4, -0.2) is 61.7 Å². The molecule has 1 aliphatic heterocycles. The maximum absolute atomic E-state index is 3.86. The van der Waals surface area contributed by atoms with Gasteiger partial charge in [0.2, 0.25) is 0 Å². The fourth-order valence-electron chi connectivity index (χ4n) is 4.70. The summed E-state index contributed by atoms with van der Waals surface area (Å²) < 4.78 is 0. The number of rotatable bonds is 5. The predicted molar refractivity (Wildman–Crippen MR) is 91.7 cm³/mol. The highest BCUT2D eigenvalue weighted by molar-refractivity contribution is 4.95. The summed E-state index contributed by atoms with van der Waals surface area (Å²) in [6.07, 6.45) is 6.67. The van der Waals surface area contributed by atoms with E-state index in [0.29, 0.717) is 6.04 Å². The summed E-state index contributed by atoms with van der Waals surface area (Å²) in [7, 11) is 4.65. The lowest BCUT2D eigenvalue weighted by Gasteiger charge is -2.48. The predicted octanol–water partition coefficient (Wildman–Crippen LogP) is 2.82. The fraction of sp³-hybridized carbons (Fsp3) is 1.00. The van der Waals surface area contributed by atoms with Crippen molar-refractivity contribution in [3.8, 4) is 0 Å². The van der Waals surface area contributed by atoms with E-state index in [2.05, 4.69) is 50.0 Å². The van der Waals surface area contributed by atoms with E-state index in [1.165, 1.54) is 51.7 Å². The van der Waals surface area contributed by atoms with Gasteiger partial charge in [0.05, 0.1) is 0 Å². The normalized spacial score (nSPS) is 36.3. The molecule has 1 N–H and O–H groups in total. The molecule has 0 radical (unpaired) electrons. The van der Waals surface area contributed by atoms with Crippen LogP contribution in [0.2, 0.25) is 0 Å². The fourth-order valence-corrected chi connectivity index (χ4v) is 4.70. The lowest BCUT2D eigenvalue weighted by molar-refractivity contribution is 0.0290. The third-order valence-electron chi connectivity index (χ3n) is 5.82. The molecule has 124 valence electrons. The Morgan fingerprint density at radius 2 is 1.81 bits per heavy atom. The van der Waals surface area contributed by atoms with Crippen molar-refractivity contribution >= 4 is 0 Å². The SMILES string of the molecule is CCCNC1CC(C)CC(C)C1N(C)C1CCN(C)CC1. The van der Waals surface area contributed by atoms with Gasteiger partial charge in [-0.2, -0.15) is 0 Å². The smallest absolute Gasteiger partial charge is 0.0275 e. The van der Waals surface area contributed by atoms with Crippen LogP contribution in [0.25, 0.3) is 0 Å². The molecule has 1 heterocycles. The van der Waals surface area contributed by atoms with Crippen LogP contribution in [0, 0.1) is 11.8 Å². The molecule has 0 aromatic heterocycles. The van der Waals surface area contributed by atoms with Crippen molar-refractivity contribution in [3.63, 3.8) is 0 Å². The number of hydrogen-bond acceptors (Lipinski definition) is 3. The van der Waals surface area contributed by atoms with Gasteiger partial charge in [-0.3, -0.25) is 4.90 Å². The molecule has 4 unspecified atom stereocenters.